The second kappa shape index (κ2) is 5.45. The molecule has 5 nitrogen and oxygen atoms in total. The van der Waals surface area contributed by atoms with E-state index in [0.717, 1.165) is 0 Å². The molecular formula is C12H15N3O2. The van der Waals surface area contributed by atoms with E-state index < -0.39 is 12.3 Å². The van der Waals surface area contributed by atoms with Crippen molar-refractivity contribution in [3.63, 3.8) is 0 Å². The summed E-state index contributed by atoms with van der Waals surface area (Å²) < 4.78 is 7.24. The SMILES string of the molecule is CCC(O)C(Oc1ccccc1)n1ccnn1. The lowest BCUT2D eigenvalue weighted by Gasteiger charge is -2.22. The van der Waals surface area contributed by atoms with Gasteiger partial charge in [0.15, 0.2) is 0 Å². The van der Waals surface area contributed by atoms with Crippen LogP contribution >= 0.6 is 0 Å². The minimum absolute atomic E-state index is 0.551. The summed E-state index contributed by atoms with van der Waals surface area (Å²) in [6.07, 6.45) is 2.63. The predicted molar refractivity (Wildman–Crippen MR) is 62.4 cm³/mol. The van der Waals surface area contributed by atoms with E-state index in [-0.39, 0.29) is 0 Å². The normalized spacial score (nSPS) is 14.2. The van der Waals surface area contributed by atoms with Crippen molar-refractivity contribution < 1.29 is 9.84 Å². The topological polar surface area (TPSA) is 60.2 Å². The zero-order valence-corrected chi connectivity index (χ0v) is 9.60. The fourth-order valence-corrected chi connectivity index (χ4v) is 1.50. The molecule has 0 aliphatic rings. The summed E-state index contributed by atoms with van der Waals surface area (Å²) in [5.74, 6) is 0.695. The van der Waals surface area contributed by atoms with Crippen LogP contribution in [-0.4, -0.2) is 26.2 Å². The van der Waals surface area contributed by atoms with Gasteiger partial charge >= 0.3 is 0 Å². The number of aliphatic hydroxyl groups excluding tert-OH is 1. The van der Waals surface area contributed by atoms with Crippen LogP contribution in [0.2, 0.25) is 0 Å². The first-order chi connectivity index (χ1) is 8.31. The highest BCUT2D eigenvalue weighted by Gasteiger charge is 2.21. The summed E-state index contributed by atoms with van der Waals surface area (Å²) >= 11 is 0. The van der Waals surface area contributed by atoms with Gasteiger partial charge in [-0.2, -0.15) is 0 Å². The van der Waals surface area contributed by atoms with E-state index in [1.165, 1.54) is 4.68 Å². The van der Waals surface area contributed by atoms with Crippen LogP contribution in [0, 0.1) is 0 Å². The van der Waals surface area contributed by atoms with Gasteiger partial charge in [-0.05, 0) is 18.6 Å². The highest BCUT2D eigenvalue weighted by Crippen LogP contribution is 2.20. The number of aromatic nitrogens is 3. The first-order valence-corrected chi connectivity index (χ1v) is 5.57. The molecule has 2 aromatic rings. The quantitative estimate of drug-likeness (QED) is 0.852. The molecule has 0 saturated carbocycles. The van der Waals surface area contributed by atoms with E-state index in [9.17, 15) is 5.11 Å². The minimum atomic E-state index is -0.628. The maximum absolute atomic E-state index is 9.94. The maximum atomic E-state index is 9.94. The van der Waals surface area contributed by atoms with Crippen LogP contribution in [0.5, 0.6) is 5.75 Å². The summed E-state index contributed by atoms with van der Waals surface area (Å²) in [5.41, 5.74) is 0. The number of rotatable bonds is 5. The Morgan fingerprint density at radius 2 is 2.12 bits per heavy atom. The Morgan fingerprint density at radius 1 is 1.35 bits per heavy atom. The molecule has 1 aromatic heterocycles. The number of ether oxygens (including phenoxy) is 1. The number of hydrogen-bond donors (Lipinski definition) is 1. The van der Waals surface area contributed by atoms with Gasteiger partial charge in [0.25, 0.3) is 0 Å². The van der Waals surface area contributed by atoms with Gasteiger partial charge in [-0.3, -0.25) is 0 Å². The first kappa shape index (κ1) is 11.6. The number of nitrogens with zero attached hydrogens (tertiary/aromatic N) is 3. The van der Waals surface area contributed by atoms with Crippen molar-refractivity contribution in [1.82, 2.24) is 15.0 Å². The van der Waals surface area contributed by atoms with Gasteiger partial charge in [0, 0.05) is 6.20 Å². The first-order valence-electron chi connectivity index (χ1n) is 5.57. The van der Waals surface area contributed by atoms with E-state index in [1.807, 2.05) is 37.3 Å². The number of benzene rings is 1. The van der Waals surface area contributed by atoms with Crippen molar-refractivity contribution >= 4 is 0 Å². The highest BCUT2D eigenvalue weighted by molar-refractivity contribution is 5.21. The average molecular weight is 233 g/mol. The molecule has 0 aliphatic carbocycles. The van der Waals surface area contributed by atoms with E-state index >= 15 is 0 Å². The third-order valence-electron chi connectivity index (χ3n) is 2.45. The molecule has 0 saturated heterocycles. The van der Waals surface area contributed by atoms with Crippen LogP contribution in [0.3, 0.4) is 0 Å². The molecule has 0 aliphatic heterocycles. The van der Waals surface area contributed by atoms with Gasteiger partial charge in [-0.15, -0.1) is 5.10 Å². The van der Waals surface area contributed by atoms with E-state index in [1.54, 1.807) is 12.4 Å². The molecule has 0 spiro atoms. The van der Waals surface area contributed by atoms with Crippen LogP contribution in [0.1, 0.15) is 19.6 Å². The van der Waals surface area contributed by atoms with Gasteiger partial charge in [-0.1, -0.05) is 30.3 Å². The summed E-state index contributed by atoms with van der Waals surface area (Å²) in [7, 11) is 0. The highest BCUT2D eigenvalue weighted by atomic mass is 16.5. The van der Waals surface area contributed by atoms with Gasteiger partial charge in [0.1, 0.15) is 11.9 Å². The molecule has 0 bridgehead atoms. The van der Waals surface area contributed by atoms with Gasteiger partial charge in [-0.25, -0.2) is 4.68 Å². The molecule has 1 heterocycles. The minimum Gasteiger partial charge on any atom is -0.466 e. The molecule has 17 heavy (non-hydrogen) atoms. The Balaban J connectivity index is 2.17. The second-order valence-electron chi connectivity index (χ2n) is 3.68. The molecule has 2 unspecified atom stereocenters. The van der Waals surface area contributed by atoms with Crippen molar-refractivity contribution in [2.75, 3.05) is 0 Å². The van der Waals surface area contributed by atoms with Crippen molar-refractivity contribution in [2.45, 2.75) is 25.7 Å². The third-order valence-corrected chi connectivity index (χ3v) is 2.45. The van der Waals surface area contributed by atoms with Gasteiger partial charge in [0.2, 0.25) is 6.23 Å². The van der Waals surface area contributed by atoms with Gasteiger partial charge in [0.05, 0.1) is 6.20 Å². The van der Waals surface area contributed by atoms with Crippen LogP contribution in [-0.2, 0) is 0 Å². The van der Waals surface area contributed by atoms with Crippen molar-refractivity contribution in [1.29, 1.82) is 0 Å². The molecular weight excluding hydrogens is 218 g/mol. The Morgan fingerprint density at radius 3 is 2.71 bits per heavy atom. The Hall–Kier alpha value is -1.88. The molecule has 0 radical (unpaired) electrons. The van der Waals surface area contributed by atoms with Gasteiger partial charge < -0.3 is 9.84 Å². The standard InChI is InChI=1S/C12H15N3O2/c1-2-11(16)12(15-9-8-13-14-15)17-10-6-4-3-5-7-10/h3-9,11-12,16H,2H2,1H3. The zero-order chi connectivity index (χ0) is 12.1. The van der Waals surface area contributed by atoms with Crippen molar-refractivity contribution in [3.05, 3.63) is 42.7 Å². The molecule has 0 amide bonds. The largest absolute Gasteiger partial charge is 0.466 e. The fourth-order valence-electron chi connectivity index (χ4n) is 1.50. The summed E-state index contributed by atoms with van der Waals surface area (Å²) in [6.45, 7) is 1.89. The second-order valence-corrected chi connectivity index (χ2v) is 3.68. The number of hydrogen-bond acceptors (Lipinski definition) is 4. The predicted octanol–water partition coefficient (Wildman–Crippen LogP) is 1.63. The lowest BCUT2D eigenvalue weighted by Crippen LogP contribution is -2.29. The molecule has 5 heteroatoms. The maximum Gasteiger partial charge on any atom is 0.218 e. The van der Waals surface area contributed by atoms with E-state index in [0.29, 0.717) is 12.2 Å². The lowest BCUT2D eigenvalue weighted by molar-refractivity contribution is -0.0199. The molecule has 90 valence electrons. The van der Waals surface area contributed by atoms with Crippen LogP contribution < -0.4 is 4.74 Å². The number of aliphatic hydroxyl groups is 1. The van der Waals surface area contributed by atoms with Crippen LogP contribution in [0.15, 0.2) is 42.7 Å². The Kier molecular flexibility index (Phi) is 3.72. The van der Waals surface area contributed by atoms with E-state index in [4.69, 9.17) is 4.74 Å². The van der Waals surface area contributed by atoms with Crippen LogP contribution in [0.25, 0.3) is 0 Å². The monoisotopic (exact) mass is 233 g/mol. The summed E-state index contributed by atoms with van der Waals surface area (Å²) in [6, 6.07) is 9.35. The number of para-hydroxylation sites is 1. The molecule has 1 aromatic carbocycles. The summed E-state index contributed by atoms with van der Waals surface area (Å²) in [4.78, 5) is 0. The Bertz CT molecular complexity index is 430. The zero-order valence-electron chi connectivity index (χ0n) is 9.60. The smallest absolute Gasteiger partial charge is 0.218 e. The van der Waals surface area contributed by atoms with E-state index in [2.05, 4.69) is 10.3 Å². The molecule has 2 rings (SSSR count). The van der Waals surface area contributed by atoms with Crippen molar-refractivity contribution in [3.8, 4) is 5.75 Å². The third kappa shape index (κ3) is 2.82. The van der Waals surface area contributed by atoms with Crippen LogP contribution in [0.4, 0.5) is 0 Å². The average Bonchev–Trinajstić information content (AvgIpc) is 2.90. The summed E-state index contributed by atoms with van der Waals surface area (Å²) in [5, 5.41) is 17.5. The van der Waals surface area contributed by atoms with Crippen molar-refractivity contribution in [2.24, 2.45) is 0 Å². The molecule has 1 N–H and O–H groups in total. The molecule has 0 fully saturated rings. The fraction of sp³-hybridized carbons (Fsp3) is 0.333. The Labute approximate surface area is 99.7 Å². The molecule has 2 atom stereocenters. The lowest BCUT2D eigenvalue weighted by atomic mass is 10.2.